The minimum absolute atomic E-state index is 0.353. The molecule has 1 atom stereocenters. The van der Waals surface area contributed by atoms with E-state index >= 15 is 0 Å². The average Bonchev–Trinajstić information content (AvgIpc) is 2.44. The topological polar surface area (TPSA) is 81.7 Å². The predicted octanol–water partition coefficient (Wildman–Crippen LogP) is 2.40. The Kier molecular flexibility index (Phi) is 5.17. The van der Waals surface area contributed by atoms with Gasteiger partial charge >= 0.3 is 0 Å². The Morgan fingerprint density at radius 3 is 2.36 bits per heavy atom. The third kappa shape index (κ3) is 5.14. The number of rotatable bonds is 6. The minimum atomic E-state index is -3.34. The standard InChI is InChI=1S/C14H15NO5S2/c1-11-4-3-5-13(10-11)19-20-21(16)14-8-6-12(7-9-14)15-22(2,17)18/h3-10,15H,1-2H3. The molecule has 0 spiro atoms. The van der Waals surface area contributed by atoms with Gasteiger partial charge in [-0.15, -0.1) is 0 Å². The first-order valence-corrected chi connectivity index (χ1v) is 9.21. The molecule has 2 aromatic rings. The Labute approximate surface area is 131 Å². The fraction of sp³-hybridized carbons (Fsp3) is 0.143. The fourth-order valence-corrected chi connectivity index (χ4v) is 2.77. The average molecular weight is 341 g/mol. The van der Waals surface area contributed by atoms with Crippen molar-refractivity contribution in [3.05, 3.63) is 54.1 Å². The monoisotopic (exact) mass is 341 g/mol. The van der Waals surface area contributed by atoms with Crippen LogP contribution in [0.1, 0.15) is 5.56 Å². The van der Waals surface area contributed by atoms with Crippen molar-refractivity contribution in [2.45, 2.75) is 11.8 Å². The second-order valence-corrected chi connectivity index (χ2v) is 7.43. The minimum Gasteiger partial charge on any atom is -0.323 e. The van der Waals surface area contributed by atoms with Gasteiger partial charge in [0.1, 0.15) is 0 Å². The van der Waals surface area contributed by atoms with Gasteiger partial charge in [0, 0.05) is 5.69 Å². The van der Waals surface area contributed by atoms with Crippen molar-refractivity contribution < 1.29 is 21.8 Å². The van der Waals surface area contributed by atoms with Gasteiger partial charge in [-0.25, -0.2) is 12.6 Å². The molecule has 0 aromatic heterocycles. The van der Waals surface area contributed by atoms with Crippen molar-refractivity contribution in [3.63, 3.8) is 0 Å². The summed E-state index contributed by atoms with van der Waals surface area (Å²) in [5.74, 6) is 0.448. The number of nitrogens with one attached hydrogen (secondary N) is 1. The molecule has 1 N–H and O–H groups in total. The van der Waals surface area contributed by atoms with Gasteiger partial charge in [0.2, 0.25) is 21.1 Å². The molecular weight excluding hydrogens is 326 g/mol. The first-order chi connectivity index (χ1) is 10.3. The van der Waals surface area contributed by atoms with E-state index in [1.54, 1.807) is 18.2 Å². The highest BCUT2D eigenvalue weighted by atomic mass is 32.2. The van der Waals surface area contributed by atoms with Crippen molar-refractivity contribution in [2.75, 3.05) is 11.0 Å². The number of benzene rings is 2. The van der Waals surface area contributed by atoms with Gasteiger partial charge in [-0.1, -0.05) is 16.5 Å². The van der Waals surface area contributed by atoms with Gasteiger partial charge in [-0.05, 0) is 48.9 Å². The van der Waals surface area contributed by atoms with E-state index in [0.717, 1.165) is 11.8 Å². The largest absolute Gasteiger partial charge is 0.323 e. The van der Waals surface area contributed by atoms with E-state index in [1.807, 2.05) is 13.0 Å². The van der Waals surface area contributed by atoms with Crippen LogP contribution in [0.15, 0.2) is 53.4 Å². The summed E-state index contributed by atoms with van der Waals surface area (Å²) in [6, 6.07) is 13.1. The van der Waals surface area contributed by atoms with E-state index in [4.69, 9.17) is 9.22 Å². The summed E-state index contributed by atoms with van der Waals surface area (Å²) in [5.41, 5.74) is 1.37. The smallest absolute Gasteiger partial charge is 0.232 e. The quantitative estimate of drug-likeness (QED) is 0.644. The van der Waals surface area contributed by atoms with Gasteiger partial charge < -0.3 is 4.89 Å². The summed E-state index contributed by atoms with van der Waals surface area (Å²) >= 11 is -1.82. The molecule has 1 unspecified atom stereocenters. The summed E-state index contributed by atoms with van der Waals surface area (Å²) in [4.78, 5) is 5.36. The number of aryl methyl sites for hydroxylation is 1. The van der Waals surface area contributed by atoms with Crippen molar-refractivity contribution in [1.82, 2.24) is 0 Å². The SMILES string of the molecule is Cc1cccc(OOS(=O)c2ccc(NS(C)(=O)=O)cc2)c1. The maximum atomic E-state index is 11.9. The van der Waals surface area contributed by atoms with Crippen molar-refractivity contribution >= 4 is 26.8 Å². The first kappa shape index (κ1) is 16.5. The lowest BCUT2D eigenvalue weighted by Gasteiger charge is -2.06. The zero-order chi connectivity index (χ0) is 16.2. The predicted molar refractivity (Wildman–Crippen MR) is 84.2 cm³/mol. The number of hydrogen-bond acceptors (Lipinski definition) is 5. The van der Waals surface area contributed by atoms with Gasteiger partial charge in [0.15, 0.2) is 5.75 Å². The molecule has 0 bridgehead atoms. The lowest BCUT2D eigenvalue weighted by Crippen LogP contribution is -2.09. The van der Waals surface area contributed by atoms with Crippen LogP contribution in [0.4, 0.5) is 5.69 Å². The first-order valence-electron chi connectivity index (χ1n) is 6.25. The molecule has 0 aliphatic heterocycles. The molecule has 0 saturated carbocycles. The van der Waals surface area contributed by atoms with Crippen molar-refractivity contribution in [1.29, 1.82) is 0 Å². The third-order valence-corrected chi connectivity index (χ3v) is 3.99. The second kappa shape index (κ2) is 6.91. The van der Waals surface area contributed by atoms with E-state index < -0.39 is 21.1 Å². The highest BCUT2D eigenvalue weighted by Gasteiger charge is 2.08. The summed E-state index contributed by atoms with van der Waals surface area (Å²) < 4.78 is 41.3. The lowest BCUT2D eigenvalue weighted by molar-refractivity contribution is -0.0857. The lowest BCUT2D eigenvalue weighted by atomic mass is 10.2. The van der Waals surface area contributed by atoms with Crippen molar-refractivity contribution in [2.24, 2.45) is 0 Å². The molecule has 8 heteroatoms. The Balaban J connectivity index is 1.98. The summed E-state index contributed by atoms with van der Waals surface area (Å²) in [7, 11) is -3.34. The van der Waals surface area contributed by atoms with E-state index in [0.29, 0.717) is 16.3 Å². The van der Waals surface area contributed by atoms with E-state index in [1.165, 1.54) is 24.3 Å². The maximum Gasteiger partial charge on any atom is 0.232 e. The summed E-state index contributed by atoms with van der Waals surface area (Å²) in [6.07, 6.45) is 1.05. The van der Waals surface area contributed by atoms with Crippen LogP contribution in [-0.2, 0) is 25.4 Å². The molecule has 0 aliphatic carbocycles. The Morgan fingerprint density at radius 2 is 1.77 bits per heavy atom. The molecule has 0 radical (unpaired) electrons. The van der Waals surface area contributed by atoms with E-state index in [9.17, 15) is 12.6 Å². The van der Waals surface area contributed by atoms with Crippen LogP contribution < -0.4 is 9.61 Å². The number of anilines is 1. The third-order valence-electron chi connectivity index (χ3n) is 2.53. The number of sulfonamides is 1. The van der Waals surface area contributed by atoms with Crippen LogP contribution in [0, 0.1) is 6.92 Å². The molecule has 22 heavy (non-hydrogen) atoms. The molecule has 2 aromatic carbocycles. The number of hydrogen-bond donors (Lipinski definition) is 1. The van der Waals surface area contributed by atoms with Crippen LogP contribution >= 0.6 is 0 Å². The summed E-state index contributed by atoms with van der Waals surface area (Å²) in [5, 5.41) is 0. The molecule has 118 valence electrons. The Hall–Kier alpha value is -1.90. The zero-order valence-electron chi connectivity index (χ0n) is 12.0. The van der Waals surface area contributed by atoms with E-state index in [-0.39, 0.29) is 0 Å². The van der Waals surface area contributed by atoms with Crippen LogP contribution in [0.2, 0.25) is 0 Å². The summed E-state index contributed by atoms with van der Waals surface area (Å²) in [6.45, 7) is 1.90. The van der Waals surface area contributed by atoms with Crippen LogP contribution in [0.3, 0.4) is 0 Å². The molecule has 6 nitrogen and oxygen atoms in total. The highest BCUT2D eigenvalue weighted by molar-refractivity contribution is 7.92. The van der Waals surface area contributed by atoms with Gasteiger partial charge in [0.05, 0.1) is 11.2 Å². The van der Waals surface area contributed by atoms with E-state index in [2.05, 4.69) is 4.72 Å². The molecule has 0 amide bonds. The van der Waals surface area contributed by atoms with Gasteiger partial charge in [-0.3, -0.25) is 4.72 Å². The molecule has 0 heterocycles. The Bertz CT molecular complexity index is 772. The second-order valence-electron chi connectivity index (χ2n) is 4.60. The highest BCUT2D eigenvalue weighted by Crippen LogP contribution is 2.17. The van der Waals surface area contributed by atoms with Crippen molar-refractivity contribution in [3.8, 4) is 5.75 Å². The van der Waals surface area contributed by atoms with Crippen LogP contribution in [0.25, 0.3) is 0 Å². The van der Waals surface area contributed by atoms with Gasteiger partial charge in [0.25, 0.3) is 0 Å². The normalized spacial score (nSPS) is 12.6. The van der Waals surface area contributed by atoms with Gasteiger partial charge in [-0.2, -0.15) is 0 Å². The van der Waals surface area contributed by atoms with Crippen LogP contribution in [0.5, 0.6) is 5.75 Å². The Morgan fingerprint density at radius 1 is 1.09 bits per heavy atom. The molecular formula is C14H15NO5S2. The fourth-order valence-electron chi connectivity index (χ4n) is 1.62. The zero-order valence-corrected chi connectivity index (χ0v) is 13.6. The molecule has 0 aliphatic rings. The maximum absolute atomic E-state index is 11.9. The molecule has 2 rings (SSSR count). The van der Waals surface area contributed by atoms with Crippen LogP contribution in [-0.4, -0.2) is 18.9 Å². The molecule has 0 saturated heterocycles. The molecule has 0 fully saturated rings.